The van der Waals surface area contributed by atoms with E-state index in [1.807, 2.05) is 6.08 Å². The Labute approximate surface area is 89.3 Å². The Balaban J connectivity index is 2.33. The Hall–Kier alpha value is -1.54. The Bertz CT molecular complexity index is 338. The highest BCUT2D eigenvalue weighted by Gasteiger charge is 2.15. The lowest BCUT2D eigenvalue weighted by Crippen LogP contribution is -2.04. The molecule has 0 fully saturated rings. The zero-order chi connectivity index (χ0) is 11.1. The van der Waals surface area contributed by atoms with Crippen molar-refractivity contribution in [2.24, 2.45) is 5.11 Å². The topological polar surface area (TPSA) is 65.8 Å². The van der Waals surface area contributed by atoms with Crippen molar-refractivity contribution in [1.29, 1.82) is 0 Å². The molecule has 0 saturated carbocycles. The molecule has 0 atom stereocenters. The Morgan fingerprint density at radius 3 is 3.07 bits per heavy atom. The second kappa shape index (κ2) is 6.04. The normalized spacial score (nSPS) is 14.3. The van der Waals surface area contributed by atoms with Gasteiger partial charge in [-0.3, -0.25) is 4.79 Å². The van der Waals surface area contributed by atoms with Crippen LogP contribution in [0.1, 0.15) is 32.1 Å². The van der Waals surface area contributed by atoms with Crippen molar-refractivity contribution >= 4 is 5.78 Å². The van der Waals surface area contributed by atoms with E-state index in [2.05, 4.69) is 16.6 Å². The predicted octanol–water partition coefficient (Wildman–Crippen LogP) is 3.31. The number of carbonyl (C=O) groups excluding carboxylic acids is 1. The summed E-state index contributed by atoms with van der Waals surface area (Å²) in [4.78, 5) is 14.4. The third-order valence-electron chi connectivity index (χ3n) is 2.45. The van der Waals surface area contributed by atoms with Gasteiger partial charge in [0.1, 0.15) is 0 Å². The minimum absolute atomic E-state index is 0.0911. The first-order valence-electron chi connectivity index (χ1n) is 5.18. The molecule has 0 radical (unpaired) electrons. The average molecular weight is 205 g/mol. The Morgan fingerprint density at radius 2 is 2.47 bits per heavy atom. The lowest BCUT2D eigenvalue weighted by Gasteiger charge is -2.03. The fourth-order valence-corrected chi connectivity index (χ4v) is 1.63. The van der Waals surface area contributed by atoms with Crippen LogP contribution in [0.4, 0.5) is 0 Å². The second-order valence-corrected chi connectivity index (χ2v) is 3.61. The minimum atomic E-state index is 0.0911. The summed E-state index contributed by atoms with van der Waals surface area (Å²) in [7, 11) is 0. The van der Waals surface area contributed by atoms with Gasteiger partial charge in [-0.25, -0.2) is 0 Å². The number of hydrogen-bond donors (Lipinski definition) is 0. The van der Waals surface area contributed by atoms with Crippen LogP contribution in [0.25, 0.3) is 10.4 Å². The van der Waals surface area contributed by atoms with Crippen LogP contribution in [0.2, 0.25) is 0 Å². The molecule has 0 spiro atoms. The van der Waals surface area contributed by atoms with E-state index < -0.39 is 0 Å². The van der Waals surface area contributed by atoms with E-state index in [1.165, 1.54) is 0 Å². The van der Waals surface area contributed by atoms with Crippen molar-refractivity contribution in [3.63, 3.8) is 0 Å². The molecule has 0 heterocycles. The van der Waals surface area contributed by atoms with Crippen LogP contribution in [0, 0.1) is 0 Å². The summed E-state index contributed by atoms with van der Waals surface area (Å²) < 4.78 is 0. The summed E-state index contributed by atoms with van der Waals surface area (Å²) in [5, 5.41) is 3.41. The molecule has 1 rings (SSSR count). The summed E-state index contributed by atoms with van der Waals surface area (Å²) >= 11 is 0. The van der Waals surface area contributed by atoms with Crippen molar-refractivity contribution in [3.05, 3.63) is 34.2 Å². The first-order valence-corrected chi connectivity index (χ1v) is 5.18. The molecular weight excluding hydrogens is 190 g/mol. The predicted molar refractivity (Wildman–Crippen MR) is 59.3 cm³/mol. The molecule has 0 aromatic heterocycles. The molecule has 4 nitrogen and oxygen atoms in total. The maximum absolute atomic E-state index is 11.7. The maximum Gasteiger partial charge on any atom is 0.184 e. The molecule has 0 aromatic carbocycles. The smallest absolute Gasteiger partial charge is 0.184 e. The van der Waals surface area contributed by atoms with Gasteiger partial charge in [0.05, 0.1) is 0 Å². The first-order chi connectivity index (χ1) is 7.25. The molecule has 0 bridgehead atoms. The molecule has 0 unspecified atom stereocenters. The highest BCUT2D eigenvalue weighted by Crippen LogP contribution is 2.22. The third-order valence-corrected chi connectivity index (χ3v) is 2.45. The number of azide groups is 1. The highest BCUT2D eigenvalue weighted by molar-refractivity contribution is 6.07. The van der Waals surface area contributed by atoms with Crippen LogP contribution in [0.3, 0.4) is 0 Å². The van der Waals surface area contributed by atoms with Gasteiger partial charge in [0.2, 0.25) is 0 Å². The molecule has 1 aliphatic rings. The van der Waals surface area contributed by atoms with E-state index in [0.717, 1.165) is 24.8 Å². The van der Waals surface area contributed by atoms with Crippen LogP contribution in [0.5, 0.6) is 0 Å². The molecule has 0 N–H and O–H groups in total. The van der Waals surface area contributed by atoms with Gasteiger partial charge in [-0.2, -0.15) is 0 Å². The monoisotopic (exact) mass is 205 g/mol. The SMILES string of the molecule is C=C(CCCN=[N+]=[N-])C(=O)C1=CCCC1. The fourth-order valence-electron chi connectivity index (χ4n) is 1.63. The van der Waals surface area contributed by atoms with Crippen LogP contribution in [0.15, 0.2) is 28.9 Å². The molecule has 4 heteroatoms. The summed E-state index contributed by atoms with van der Waals surface area (Å²) in [6.07, 6.45) is 6.28. The molecule has 80 valence electrons. The number of allylic oxidation sites excluding steroid dienone is 3. The summed E-state index contributed by atoms with van der Waals surface area (Å²) in [5.41, 5.74) is 9.61. The molecular formula is C11H15N3O. The van der Waals surface area contributed by atoms with Crippen molar-refractivity contribution in [2.45, 2.75) is 32.1 Å². The molecule has 0 aliphatic heterocycles. The average Bonchev–Trinajstić information content (AvgIpc) is 2.76. The van der Waals surface area contributed by atoms with Gasteiger partial charge >= 0.3 is 0 Å². The van der Waals surface area contributed by atoms with E-state index in [9.17, 15) is 4.79 Å². The van der Waals surface area contributed by atoms with E-state index in [1.54, 1.807) is 0 Å². The van der Waals surface area contributed by atoms with Gasteiger partial charge in [-0.15, -0.1) is 0 Å². The van der Waals surface area contributed by atoms with Crippen molar-refractivity contribution < 1.29 is 4.79 Å². The van der Waals surface area contributed by atoms with Gasteiger partial charge in [0.25, 0.3) is 0 Å². The number of rotatable bonds is 6. The van der Waals surface area contributed by atoms with Crippen molar-refractivity contribution in [2.75, 3.05) is 6.54 Å². The minimum Gasteiger partial charge on any atom is -0.289 e. The lowest BCUT2D eigenvalue weighted by molar-refractivity contribution is -0.112. The van der Waals surface area contributed by atoms with E-state index in [-0.39, 0.29) is 5.78 Å². The van der Waals surface area contributed by atoms with E-state index >= 15 is 0 Å². The van der Waals surface area contributed by atoms with Gasteiger partial charge in [0, 0.05) is 11.5 Å². The molecule has 0 aromatic rings. The zero-order valence-corrected chi connectivity index (χ0v) is 8.78. The number of ketones is 1. The van der Waals surface area contributed by atoms with Crippen LogP contribution in [-0.2, 0) is 4.79 Å². The van der Waals surface area contributed by atoms with Crippen molar-refractivity contribution in [3.8, 4) is 0 Å². The third kappa shape index (κ3) is 3.60. The van der Waals surface area contributed by atoms with Crippen molar-refractivity contribution in [1.82, 2.24) is 0 Å². The summed E-state index contributed by atoms with van der Waals surface area (Å²) in [6, 6.07) is 0. The maximum atomic E-state index is 11.7. The highest BCUT2D eigenvalue weighted by atomic mass is 16.1. The van der Waals surface area contributed by atoms with Gasteiger partial charge in [-0.1, -0.05) is 17.8 Å². The van der Waals surface area contributed by atoms with Gasteiger partial charge in [-0.05, 0) is 48.8 Å². The summed E-state index contributed by atoms with van der Waals surface area (Å²) in [6.45, 7) is 4.20. The first kappa shape index (κ1) is 11.5. The second-order valence-electron chi connectivity index (χ2n) is 3.61. The Kier molecular flexibility index (Phi) is 4.64. The quantitative estimate of drug-likeness (QED) is 0.216. The fraction of sp³-hybridized carbons (Fsp3) is 0.545. The largest absolute Gasteiger partial charge is 0.289 e. The molecule has 15 heavy (non-hydrogen) atoms. The number of carbonyl (C=O) groups is 1. The number of Topliss-reactive ketones (excluding diaryl/α,β-unsaturated/α-hetero) is 1. The van der Waals surface area contributed by atoms with E-state index in [4.69, 9.17) is 5.53 Å². The summed E-state index contributed by atoms with van der Waals surface area (Å²) in [5.74, 6) is 0.0911. The molecule has 0 amide bonds. The number of nitrogens with zero attached hydrogens (tertiary/aromatic N) is 3. The molecule has 1 aliphatic carbocycles. The van der Waals surface area contributed by atoms with Gasteiger partial charge in [0.15, 0.2) is 5.78 Å². The molecule has 0 saturated heterocycles. The zero-order valence-electron chi connectivity index (χ0n) is 8.78. The van der Waals surface area contributed by atoms with Crippen LogP contribution in [-0.4, -0.2) is 12.3 Å². The van der Waals surface area contributed by atoms with Crippen LogP contribution >= 0.6 is 0 Å². The standard InChI is InChI=1S/C11H15N3O/c1-9(5-4-8-13-14-12)11(15)10-6-2-3-7-10/h6H,1-5,7-8H2. The van der Waals surface area contributed by atoms with Crippen LogP contribution < -0.4 is 0 Å². The Morgan fingerprint density at radius 1 is 1.67 bits per heavy atom. The lowest BCUT2D eigenvalue weighted by atomic mass is 10.0. The van der Waals surface area contributed by atoms with Gasteiger partial charge < -0.3 is 0 Å². The number of hydrogen-bond acceptors (Lipinski definition) is 2. The van der Waals surface area contributed by atoms with E-state index in [0.29, 0.717) is 25.0 Å².